The van der Waals surface area contributed by atoms with E-state index in [1.165, 1.54) is 14.2 Å². The van der Waals surface area contributed by atoms with Crippen LogP contribution in [0.4, 0.5) is 15.3 Å². The SMILES string of the molecule is COC(=O)N[C@H](C(=O)N1CCC[C@H]1C1=NS(=O)(=O)c2ccc(-c3ccc4cc(-c5cnc([C@@H]6CCCN6C(=O)[C@@H](NC(=O)OC)C(C)C)[nH]5)ccc4c3)cc2N1)C(C)C. The van der Waals surface area contributed by atoms with Crippen molar-refractivity contribution in [2.24, 2.45) is 16.2 Å². The molecule has 1 aromatic heterocycles. The van der Waals surface area contributed by atoms with Gasteiger partial charge in [0.25, 0.3) is 10.0 Å². The highest BCUT2D eigenvalue weighted by atomic mass is 32.2. The first-order valence-electron chi connectivity index (χ1n) is 19.8. The van der Waals surface area contributed by atoms with E-state index in [4.69, 9.17) is 9.47 Å². The van der Waals surface area contributed by atoms with Crippen molar-refractivity contribution in [3.05, 3.63) is 66.6 Å². The van der Waals surface area contributed by atoms with E-state index in [0.29, 0.717) is 37.4 Å². The fourth-order valence-corrected chi connectivity index (χ4v) is 9.30. The second-order valence-corrected chi connectivity index (χ2v) is 17.4. The second-order valence-electron chi connectivity index (χ2n) is 15.8. The summed E-state index contributed by atoms with van der Waals surface area (Å²) in [6, 6.07) is 14.7. The van der Waals surface area contributed by atoms with E-state index in [-0.39, 0.29) is 40.4 Å². The number of imidazole rings is 1. The number of aromatic nitrogens is 2. The minimum atomic E-state index is -4.08. The van der Waals surface area contributed by atoms with E-state index in [9.17, 15) is 27.6 Å². The Balaban J connectivity index is 1.09. The highest BCUT2D eigenvalue weighted by Crippen LogP contribution is 2.37. The van der Waals surface area contributed by atoms with Crippen molar-refractivity contribution in [3.8, 4) is 22.4 Å². The maximum Gasteiger partial charge on any atom is 0.407 e. The molecule has 0 radical (unpaired) electrons. The molecular weight excluding hydrogens is 777 g/mol. The molecule has 16 nitrogen and oxygen atoms in total. The number of alkyl carbamates (subject to hydrolysis) is 2. The number of amides is 4. The van der Waals surface area contributed by atoms with Crippen LogP contribution in [-0.2, 0) is 29.1 Å². The van der Waals surface area contributed by atoms with Crippen LogP contribution in [-0.4, -0.2) is 103 Å². The molecule has 3 aliphatic rings. The van der Waals surface area contributed by atoms with Gasteiger partial charge in [0.05, 0.1) is 43.9 Å². The number of hydrogen-bond acceptors (Lipinski definition) is 10. The van der Waals surface area contributed by atoms with Gasteiger partial charge in [-0.05, 0) is 83.7 Å². The molecule has 2 fully saturated rings. The van der Waals surface area contributed by atoms with Gasteiger partial charge in [-0.3, -0.25) is 9.59 Å². The zero-order valence-corrected chi connectivity index (χ0v) is 34.8. The lowest BCUT2D eigenvalue weighted by Gasteiger charge is -2.32. The van der Waals surface area contributed by atoms with Crippen LogP contribution in [0.2, 0.25) is 0 Å². The normalized spacial score (nSPS) is 19.5. The number of carbonyl (C=O) groups excluding carboxylic acids is 4. The standard InChI is InChI=1S/C42H50N8O8S/c1-23(2)35(46-41(53)57-5)39(51)49-17-7-9-32(49)37-43-22-31(45-37)29-14-13-25-19-26(11-12-27(25)20-29)28-15-16-34-30(21-28)44-38(48-59(34,55)56)33-10-8-18-50(33)40(52)36(24(3)4)47-42(54)58-6/h11-16,19-24,32-33,35-36H,7-10,17-18H2,1-6H3,(H,43,45)(H,44,48)(H,46,53)(H,47,54)/t32-,33-,35-,36-/m0/s1. The van der Waals surface area contributed by atoms with Gasteiger partial charge in [-0.15, -0.1) is 4.40 Å². The topological polar surface area (TPSA) is 204 Å². The Morgan fingerprint density at radius 3 is 1.86 bits per heavy atom. The Morgan fingerprint density at radius 1 is 0.746 bits per heavy atom. The minimum absolute atomic E-state index is 0.0420. The van der Waals surface area contributed by atoms with Crippen LogP contribution < -0.4 is 16.0 Å². The first kappa shape index (κ1) is 41.2. The van der Waals surface area contributed by atoms with Gasteiger partial charge in [-0.1, -0.05) is 58.0 Å². The number of sulfonamides is 1. The van der Waals surface area contributed by atoms with Crippen molar-refractivity contribution >= 4 is 56.3 Å². The quantitative estimate of drug-likeness (QED) is 0.151. The van der Waals surface area contributed by atoms with E-state index in [1.807, 2.05) is 58.0 Å². The summed E-state index contributed by atoms with van der Waals surface area (Å²) in [6.07, 6.45) is 3.11. The van der Waals surface area contributed by atoms with E-state index >= 15 is 0 Å². The molecule has 0 saturated carbocycles. The molecule has 4 heterocycles. The van der Waals surface area contributed by atoms with E-state index in [2.05, 4.69) is 36.4 Å². The molecule has 7 rings (SSSR count). The van der Waals surface area contributed by atoms with Crippen molar-refractivity contribution in [2.75, 3.05) is 32.6 Å². The monoisotopic (exact) mass is 826 g/mol. The average molecular weight is 827 g/mol. The molecule has 3 aromatic carbocycles. The van der Waals surface area contributed by atoms with Crippen LogP contribution in [0.1, 0.15) is 65.2 Å². The summed E-state index contributed by atoms with van der Waals surface area (Å²) in [4.78, 5) is 62.8. The van der Waals surface area contributed by atoms with Gasteiger partial charge in [0.1, 0.15) is 28.6 Å². The number of rotatable bonds is 10. The van der Waals surface area contributed by atoms with Crippen LogP contribution in [0.15, 0.2) is 70.1 Å². The van der Waals surface area contributed by atoms with Crippen molar-refractivity contribution < 1.29 is 37.1 Å². The molecule has 17 heteroatoms. The Labute approximate surface area is 343 Å². The summed E-state index contributed by atoms with van der Waals surface area (Å²) >= 11 is 0. The predicted octanol–water partition coefficient (Wildman–Crippen LogP) is 5.83. The van der Waals surface area contributed by atoms with Crippen molar-refractivity contribution in [3.63, 3.8) is 0 Å². The Hall–Kier alpha value is -5.97. The van der Waals surface area contributed by atoms with Crippen molar-refractivity contribution in [1.82, 2.24) is 30.4 Å². The summed E-state index contributed by atoms with van der Waals surface area (Å²) in [5.74, 6) is -0.0316. The van der Waals surface area contributed by atoms with Gasteiger partial charge < -0.3 is 40.2 Å². The Kier molecular flexibility index (Phi) is 11.7. The first-order chi connectivity index (χ1) is 28.2. The number of aromatic amines is 1. The van der Waals surface area contributed by atoms with Crippen LogP contribution in [0, 0.1) is 11.8 Å². The number of amidine groups is 1. The van der Waals surface area contributed by atoms with Crippen LogP contribution in [0.25, 0.3) is 33.2 Å². The molecule has 0 bridgehead atoms. The van der Waals surface area contributed by atoms with Crippen molar-refractivity contribution in [1.29, 1.82) is 0 Å². The Bertz CT molecular complexity index is 2430. The number of nitrogens with zero attached hydrogens (tertiary/aromatic N) is 4. The largest absolute Gasteiger partial charge is 0.453 e. The van der Waals surface area contributed by atoms with E-state index < -0.39 is 40.3 Å². The summed E-state index contributed by atoms with van der Waals surface area (Å²) in [5.41, 5.74) is 3.75. The number of anilines is 1. The average Bonchev–Trinajstić information content (AvgIpc) is 4.02. The number of hydrogen-bond donors (Lipinski definition) is 4. The number of methoxy groups -OCH3 is 2. The predicted molar refractivity (Wildman–Crippen MR) is 222 cm³/mol. The molecule has 0 unspecified atom stereocenters. The number of likely N-dealkylation sites (tertiary alicyclic amines) is 2. The maximum absolute atomic E-state index is 13.7. The third-order valence-corrected chi connectivity index (χ3v) is 12.7. The molecule has 0 spiro atoms. The molecule has 4 aromatic rings. The Morgan fingerprint density at radius 2 is 1.27 bits per heavy atom. The molecule has 3 aliphatic heterocycles. The zero-order valence-electron chi connectivity index (χ0n) is 33.9. The van der Waals surface area contributed by atoms with E-state index in [0.717, 1.165) is 46.0 Å². The van der Waals surface area contributed by atoms with Gasteiger partial charge in [-0.25, -0.2) is 14.6 Å². The maximum atomic E-state index is 13.7. The van der Waals surface area contributed by atoms with Crippen LogP contribution in [0.3, 0.4) is 0 Å². The van der Waals surface area contributed by atoms with Gasteiger partial charge >= 0.3 is 12.2 Å². The fraction of sp³-hybridized carbons (Fsp3) is 0.429. The molecule has 59 heavy (non-hydrogen) atoms. The number of fused-ring (bicyclic) bond motifs is 2. The molecule has 0 aliphatic carbocycles. The lowest BCUT2D eigenvalue weighted by atomic mass is 9.99. The molecule has 4 N–H and O–H groups in total. The number of ether oxygens (including phenoxy) is 2. The number of benzene rings is 3. The van der Waals surface area contributed by atoms with Gasteiger partial charge in [0, 0.05) is 18.7 Å². The number of H-pyrrole nitrogens is 1. The summed E-state index contributed by atoms with van der Waals surface area (Å²) in [6.45, 7) is 8.35. The highest BCUT2D eigenvalue weighted by Gasteiger charge is 2.41. The molecular formula is C42H50N8O8S. The molecule has 312 valence electrons. The first-order valence-corrected chi connectivity index (χ1v) is 21.3. The third kappa shape index (κ3) is 8.33. The second kappa shape index (κ2) is 16.7. The number of carbonyl (C=O) groups is 4. The van der Waals surface area contributed by atoms with Crippen LogP contribution in [0.5, 0.6) is 0 Å². The van der Waals surface area contributed by atoms with E-state index in [1.54, 1.807) is 34.2 Å². The molecule has 4 amide bonds. The summed E-state index contributed by atoms with van der Waals surface area (Å²) in [5, 5.41) is 10.5. The summed E-state index contributed by atoms with van der Waals surface area (Å²) < 4.78 is 40.6. The highest BCUT2D eigenvalue weighted by molar-refractivity contribution is 7.90. The van der Waals surface area contributed by atoms with Gasteiger partial charge in [0.2, 0.25) is 11.8 Å². The van der Waals surface area contributed by atoms with Crippen LogP contribution >= 0.6 is 0 Å². The van der Waals surface area contributed by atoms with Gasteiger partial charge in [-0.2, -0.15) is 8.42 Å². The lowest BCUT2D eigenvalue weighted by Crippen LogP contribution is -2.54. The number of nitrogens with one attached hydrogen (secondary N) is 4. The molecule has 2 saturated heterocycles. The smallest absolute Gasteiger partial charge is 0.407 e. The minimum Gasteiger partial charge on any atom is -0.453 e. The van der Waals surface area contributed by atoms with Gasteiger partial charge in [0.15, 0.2) is 0 Å². The van der Waals surface area contributed by atoms with Crippen molar-refractivity contribution in [2.45, 2.75) is 82.4 Å². The summed E-state index contributed by atoms with van der Waals surface area (Å²) in [7, 11) is -1.57. The lowest BCUT2D eigenvalue weighted by molar-refractivity contribution is -0.135. The molecule has 4 atom stereocenters. The fourth-order valence-electron chi connectivity index (χ4n) is 8.15. The zero-order chi connectivity index (χ0) is 42.2. The third-order valence-electron chi connectivity index (χ3n) is 11.3.